The van der Waals surface area contributed by atoms with Gasteiger partial charge in [-0.05, 0) is 42.8 Å². The van der Waals surface area contributed by atoms with E-state index in [1.807, 2.05) is 0 Å². The van der Waals surface area contributed by atoms with Crippen LogP contribution < -0.4 is 10.6 Å². The van der Waals surface area contributed by atoms with Crippen molar-refractivity contribution >= 4 is 39.9 Å². The number of rotatable bonds is 3. The van der Waals surface area contributed by atoms with Crippen molar-refractivity contribution < 1.29 is 13.2 Å². The highest BCUT2D eigenvalue weighted by molar-refractivity contribution is 7.80. The minimum Gasteiger partial charge on any atom is -0.379 e. The van der Waals surface area contributed by atoms with Gasteiger partial charge in [-0.15, -0.1) is 10.2 Å². The molecule has 1 atom stereocenters. The SMILES string of the molecule is CC1CCNC1=S.FC(F)(F)c1ccc(Nc2cccnc2-c2nncs2)cc1. The number of benzene rings is 1. The Bertz CT molecular complexity index is 943. The quantitative estimate of drug-likeness (QED) is 0.542. The lowest BCUT2D eigenvalue weighted by Gasteiger charge is -2.11. The normalized spacial score (nSPS) is 16.0. The number of anilines is 2. The average Bonchev–Trinajstić information content (AvgIpc) is 3.35. The van der Waals surface area contributed by atoms with Gasteiger partial charge in [-0.2, -0.15) is 13.2 Å². The van der Waals surface area contributed by atoms with Crippen molar-refractivity contribution in [2.75, 3.05) is 11.9 Å². The highest BCUT2D eigenvalue weighted by Crippen LogP contribution is 2.32. The van der Waals surface area contributed by atoms with Crippen LogP contribution in [0.3, 0.4) is 0 Å². The molecule has 0 amide bonds. The molecule has 3 heterocycles. The number of alkyl halides is 3. The zero-order chi connectivity index (χ0) is 20.9. The van der Waals surface area contributed by atoms with Crippen molar-refractivity contribution in [2.24, 2.45) is 5.92 Å². The molecule has 5 nitrogen and oxygen atoms in total. The standard InChI is InChI=1S/C14H9F3N4S.C5H9NS/c15-14(16,17)9-3-5-10(6-4-9)20-11-2-1-7-18-12(11)13-21-19-8-22-13;1-4-2-3-6-5(4)7/h1-8,20H;4H,2-3H2,1H3,(H,6,7). The number of pyridine rings is 1. The van der Waals surface area contributed by atoms with Crippen LogP contribution in [0.2, 0.25) is 0 Å². The van der Waals surface area contributed by atoms with E-state index in [2.05, 4.69) is 32.7 Å². The fourth-order valence-corrected chi connectivity index (χ4v) is 3.35. The second-order valence-corrected chi connectivity index (χ2v) is 7.60. The molecule has 152 valence electrons. The molecule has 3 aromatic rings. The average molecular weight is 438 g/mol. The zero-order valence-corrected chi connectivity index (χ0v) is 17.0. The largest absolute Gasteiger partial charge is 0.416 e. The summed E-state index contributed by atoms with van der Waals surface area (Å²) in [4.78, 5) is 5.28. The Morgan fingerprint density at radius 3 is 2.48 bits per heavy atom. The van der Waals surface area contributed by atoms with Crippen molar-refractivity contribution in [3.63, 3.8) is 0 Å². The lowest BCUT2D eigenvalue weighted by atomic mass is 10.2. The Kier molecular flexibility index (Phi) is 6.75. The Morgan fingerprint density at radius 2 is 1.97 bits per heavy atom. The van der Waals surface area contributed by atoms with Crippen LogP contribution in [0.4, 0.5) is 24.5 Å². The predicted molar refractivity (Wildman–Crippen MR) is 112 cm³/mol. The third-order valence-corrected chi connectivity index (χ3v) is 5.43. The molecular weight excluding hydrogens is 419 g/mol. The zero-order valence-electron chi connectivity index (χ0n) is 15.4. The van der Waals surface area contributed by atoms with Crippen LogP contribution >= 0.6 is 23.6 Å². The number of aromatic nitrogens is 3. The van der Waals surface area contributed by atoms with E-state index >= 15 is 0 Å². The summed E-state index contributed by atoms with van der Waals surface area (Å²) in [5.74, 6) is 0.634. The molecule has 0 aliphatic carbocycles. The van der Waals surface area contributed by atoms with E-state index in [1.165, 1.54) is 29.9 Å². The molecule has 2 N–H and O–H groups in total. The summed E-state index contributed by atoms with van der Waals surface area (Å²) in [6.07, 6.45) is -1.50. The maximum absolute atomic E-state index is 12.6. The van der Waals surface area contributed by atoms with E-state index in [0.717, 1.165) is 23.7 Å². The third-order valence-electron chi connectivity index (χ3n) is 4.19. The lowest BCUT2D eigenvalue weighted by Crippen LogP contribution is -2.14. The van der Waals surface area contributed by atoms with Gasteiger partial charge < -0.3 is 10.6 Å². The molecule has 1 aliphatic heterocycles. The summed E-state index contributed by atoms with van der Waals surface area (Å²) < 4.78 is 37.7. The number of thiocarbonyl (C=S) groups is 1. The fourth-order valence-electron chi connectivity index (χ4n) is 2.57. The van der Waals surface area contributed by atoms with Crippen molar-refractivity contribution in [1.29, 1.82) is 0 Å². The predicted octanol–water partition coefficient (Wildman–Crippen LogP) is 5.31. The first-order chi connectivity index (χ1) is 13.8. The van der Waals surface area contributed by atoms with E-state index in [-0.39, 0.29) is 0 Å². The third kappa shape index (κ3) is 5.70. The summed E-state index contributed by atoms with van der Waals surface area (Å²) in [6, 6.07) is 8.32. The maximum atomic E-state index is 12.6. The number of nitrogens with one attached hydrogen (secondary N) is 2. The van der Waals surface area contributed by atoms with Crippen LogP contribution in [0.25, 0.3) is 10.7 Å². The first kappa shape index (κ1) is 21.1. The molecule has 10 heteroatoms. The maximum Gasteiger partial charge on any atom is 0.416 e. The molecule has 0 radical (unpaired) electrons. The van der Waals surface area contributed by atoms with Gasteiger partial charge in [0.15, 0.2) is 5.01 Å². The van der Waals surface area contributed by atoms with E-state index in [0.29, 0.717) is 28.0 Å². The van der Waals surface area contributed by atoms with E-state index in [9.17, 15) is 13.2 Å². The number of halogens is 3. The number of nitrogens with zero attached hydrogens (tertiary/aromatic N) is 3. The van der Waals surface area contributed by atoms with Gasteiger partial charge in [-0.3, -0.25) is 4.98 Å². The van der Waals surface area contributed by atoms with Crippen LogP contribution in [-0.2, 0) is 6.18 Å². The molecule has 1 aromatic carbocycles. The molecule has 1 fully saturated rings. The van der Waals surface area contributed by atoms with E-state index < -0.39 is 11.7 Å². The van der Waals surface area contributed by atoms with Crippen LogP contribution in [0.5, 0.6) is 0 Å². The number of hydrogen-bond donors (Lipinski definition) is 2. The Morgan fingerprint density at radius 1 is 1.21 bits per heavy atom. The van der Waals surface area contributed by atoms with Gasteiger partial charge in [0, 0.05) is 24.3 Å². The summed E-state index contributed by atoms with van der Waals surface area (Å²) in [7, 11) is 0. The first-order valence-corrected chi connectivity index (χ1v) is 10.1. The molecule has 1 saturated heterocycles. The Balaban J connectivity index is 0.000000290. The summed E-state index contributed by atoms with van der Waals surface area (Å²) in [5, 5.41) is 14.5. The highest BCUT2D eigenvalue weighted by atomic mass is 32.1. The van der Waals surface area contributed by atoms with Crippen LogP contribution in [0.15, 0.2) is 48.1 Å². The Labute approximate surface area is 175 Å². The summed E-state index contributed by atoms with van der Waals surface area (Å²) >= 11 is 6.26. The minimum atomic E-state index is -4.34. The number of hydrogen-bond acceptors (Lipinski definition) is 6. The second-order valence-electron chi connectivity index (χ2n) is 6.32. The molecule has 1 unspecified atom stereocenters. The van der Waals surface area contributed by atoms with Gasteiger partial charge in [0.2, 0.25) is 0 Å². The molecule has 0 bridgehead atoms. The Hall–Kier alpha value is -2.59. The summed E-state index contributed by atoms with van der Waals surface area (Å²) in [5.41, 5.74) is 2.69. The van der Waals surface area contributed by atoms with Crippen LogP contribution in [0, 0.1) is 5.92 Å². The molecule has 29 heavy (non-hydrogen) atoms. The van der Waals surface area contributed by atoms with Gasteiger partial charge in [0.25, 0.3) is 0 Å². The van der Waals surface area contributed by atoms with Crippen molar-refractivity contribution in [2.45, 2.75) is 19.5 Å². The second kappa shape index (κ2) is 9.27. The van der Waals surface area contributed by atoms with Crippen molar-refractivity contribution in [3.05, 3.63) is 53.7 Å². The van der Waals surface area contributed by atoms with E-state index in [1.54, 1.807) is 23.8 Å². The topological polar surface area (TPSA) is 62.7 Å². The first-order valence-electron chi connectivity index (χ1n) is 8.78. The smallest absolute Gasteiger partial charge is 0.379 e. The van der Waals surface area contributed by atoms with Crippen LogP contribution in [-0.4, -0.2) is 26.7 Å². The van der Waals surface area contributed by atoms with Crippen molar-refractivity contribution in [3.8, 4) is 10.7 Å². The van der Waals surface area contributed by atoms with E-state index in [4.69, 9.17) is 12.2 Å². The van der Waals surface area contributed by atoms with Gasteiger partial charge in [0.1, 0.15) is 11.2 Å². The monoisotopic (exact) mass is 437 g/mol. The lowest BCUT2D eigenvalue weighted by molar-refractivity contribution is -0.137. The minimum absolute atomic E-state index is 0.534. The van der Waals surface area contributed by atoms with Gasteiger partial charge >= 0.3 is 6.18 Å². The van der Waals surface area contributed by atoms with Crippen LogP contribution in [0.1, 0.15) is 18.9 Å². The van der Waals surface area contributed by atoms with Crippen molar-refractivity contribution in [1.82, 2.24) is 20.5 Å². The van der Waals surface area contributed by atoms with Gasteiger partial charge in [0.05, 0.1) is 16.2 Å². The van der Waals surface area contributed by atoms with Gasteiger partial charge in [-0.1, -0.05) is 30.5 Å². The molecule has 0 spiro atoms. The molecular formula is C19H18F3N5S2. The molecule has 4 rings (SSSR count). The van der Waals surface area contributed by atoms with Gasteiger partial charge in [-0.25, -0.2) is 0 Å². The molecule has 2 aromatic heterocycles. The summed E-state index contributed by atoms with van der Waals surface area (Å²) in [6.45, 7) is 3.24. The molecule has 1 aliphatic rings. The highest BCUT2D eigenvalue weighted by Gasteiger charge is 2.29. The molecule has 0 saturated carbocycles. The fraction of sp³-hybridized carbons (Fsp3) is 0.263.